The third-order valence-corrected chi connectivity index (χ3v) is 2.82. The van der Waals surface area contributed by atoms with Crippen LogP contribution in [0.5, 0.6) is 0 Å². The molecule has 74 valence electrons. The molecule has 2 rings (SSSR count). The largest absolute Gasteiger partial charge is 0.308 e. The summed E-state index contributed by atoms with van der Waals surface area (Å²) in [6.45, 7) is 0.880. The molecule has 0 radical (unpaired) electrons. The molecular formula is C10H11BrN2O. The lowest BCUT2D eigenvalue weighted by atomic mass is 10.3. The number of halogens is 1. The van der Waals surface area contributed by atoms with Gasteiger partial charge in [0.05, 0.1) is 11.7 Å². The summed E-state index contributed by atoms with van der Waals surface area (Å²) >= 11 is 3.38. The molecule has 1 fully saturated rings. The van der Waals surface area contributed by atoms with Gasteiger partial charge in [0, 0.05) is 11.0 Å². The van der Waals surface area contributed by atoms with Gasteiger partial charge in [0.15, 0.2) is 0 Å². The molecule has 0 saturated carbocycles. The van der Waals surface area contributed by atoms with Gasteiger partial charge in [-0.3, -0.25) is 0 Å². The zero-order valence-corrected chi connectivity index (χ0v) is 9.20. The first-order valence-electron chi connectivity index (χ1n) is 4.54. The van der Waals surface area contributed by atoms with Crippen LogP contribution in [0.4, 0.5) is 5.69 Å². The van der Waals surface area contributed by atoms with Gasteiger partial charge in [-0.15, -0.1) is 0 Å². The molecule has 1 atom stereocenters. The van der Waals surface area contributed by atoms with E-state index in [1.54, 1.807) is 0 Å². The summed E-state index contributed by atoms with van der Waals surface area (Å²) in [6, 6.07) is 7.99. The number of nitrogens with zero attached hydrogens (tertiary/aromatic N) is 1. The fourth-order valence-electron chi connectivity index (χ4n) is 1.52. The van der Waals surface area contributed by atoms with E-state index in [1.165, 1.54) is 0 Å². The summed E-state index contributed by atoms with van der Waals surface area (Å²) in [7, 11) is 0. The SMILES string of the molecule is O=CC1CCN(c2ccc(Br)cc2)N1. The number of benzene rings is 1. The molecule has 1 unspecified atom stereocenters. The second kappa shape index (κ2) is 4.11. The van der Waals surface area contributed by atoms with Crippen molar-refractivity contribution in [2.75, 3.05) is 11.6 Å². The van der Waals surface area contributed by atoms with Gasteiger partial charge in [-0.05, 0) is 30.7 Å². The summed E-state index contributed by atoms with van der Waals surface area (Å²) in [5.41, 5.74) is 4.22. The fraction of sp³-hybridized carbons (Fsp3) is 0.300. The third kappa shape index (κ3) is 1.96. The average molecular weight is 255 g/mol. The van der Waals surface area contributed by atoms with Gasteiger partial charge in [0.2, 0.25) is 0 Å². The Morgan fingerprint density at radius 2 is 2.14 bits per heavy atom. The summed E-state index contributed by atoms with van der Waals surface area (Å²) in [5.74, 6) is 0. The predicted octanol–water partition coefficient (Wildman–Crippen LogP) is 1.73. The first-order chi connectivity index (χ1) is 6.79. The van der Waals surface area contributed by atoms with E-state index in [1.807, 2.05) is 29.3 Å². The van der Waals surface area contributed by atoms with E-state index in [0.717, 1.165) is 29.4 Å². The van der Waals surface area contributed by atoms with Crippen molar-refractivity contribution in [3.8, 4) is 0 Å². The number of hydrogen-bond donors (Lipinski definition) is 1. The number of carbonyl (C=O) groups is 1. The predicted molar refractivity (Wildman–Crippen MR) is 59.1 cm³/mol. The van der Waals surface area contributed by atoms with Crippen LogP contribution >= 0.6 is 15.9 Å². The molecule has 0 bridgehead atoms. The lowest BCUT2D eigenvalue weighted by molar-refractivity contribution is -0.109. The molecule has 3 nitrogen and oxygen atoms in total. The molecule has 0 spiro atoms. The molecule has 1 aliphatic heterocycles. The Morgan fingerprint density at radius 3 is 2.71 bits per heavy atom. The number of anilines is 1. The van der Waals surface area contributed by atoms with Crippen molar-refractivity contribution < 1.29 is 4.79 Å². The van der Waals surface area contributed by atoms with Crippen LogP contribution < -0.4 is 10.4 Å². The molecule has 1 aromatic carbocycles. The van der Waals surface area contributed by atoms with Crippen LogP contribution in [0, 0.1) is 0 Å². The summed E-state index contributed by atoms with van der Waals surface area (Å²) in [6.07, 6.45) is 1.83. The fourth-order valence-corrected chi connectivity index (χ4v) is 1.78. The Labute approximate surface area is 91.2 Å². The number of aldehydes is 1. The quantitative estimate of drug-likeness (QED) is 0.817. The summed E-state index contributed by atoms with van der Waals surface area (Å²) < 4.78 is 1.06. The van der Waals surface area contributed by atoms with Gasteiger partial charge in [0.25, 0.3) is 0 Å². The standard InChI is InChI=1S/C10H11BrN2O/c11-8-1-3-10(4-2-8)13-6-5-9(7-14)12-13/h1-4,7,9,12H,5-6H2. The van der Waals surface area contributed by atoms with Crippen LogP contribution in [-0.4, -0.2) is 18.9 Å². The molecular weight excluding hydrogens is 244 g/mol. The smallest absolute Gasteiger partial charge is 0.138 e. The molecule has 4 heteroatoms. The molecule has 0 aliphatic carbocycles. The number of carbonyl (C=O) groups excluding carboxylic acids is 1. The van der Waals surface area contributed by atoms with Crippen molar-refractivity contribution >= 4 is 27.9 Å². The number of rotatable bonds is 2. The Kier molecular flexibility index (Phi) is 2.84. The van der Waals surface area contributed by atoms with Crippen molar-refractivity contribution in [3.05, 3.63) is 28.7 Å². The van der Waals surface area contributed by atoms with Crippen molar-refractivity contribution in [1.82, 2.24) is 5.43 Å². The van der Waals surface area contributed by atoms with E-state index in [0.29, 0.717) is 0 Å². The highest BCUT2D eigenvalue weighted by Crippen LogP contribution is 2.19. The minimum absolute atomic E-state index is 0.0290. The Morgan fingerprint density at radius 1 is 1.43 bits per heavy atom. The maximum atomic E-state index is 10.5. The van der Waals surface area contributed by atoms with E-state index >= 15 is 0 Å². The number of hydrazine groups is 1. The highest BCUT2D eigenvalue weighted by atomic mass is 79.9. The second-order valence-electron chi connectivity index (χ2n) is 3.29. The van der Waals surface area contributed by atoms with Crippen LogP contribution in [0.2, 0.25) is 0 Å². The molecule has 1 saturated heterocycles. The van der Waals surface area contributed by atoms with E-state index in [2.05, 4.69) is 21.4 Å². The molecule has 0 amide bonds. The molecule has 1 heterocycles. The molecule has 1 aliphatic rings. The molecule has 1 aromatic rings. The lowest BCUT2D eigenvalue weighted by Crippen LogP contribution is -2.36. The van der Waals surface area contributed by atoms with Crippen molar-refractivity contribution in [2.24, 2.45) is 0 Å². The maximum Gasteiger partial charge on any atom is 0.138 e. The van der Waals surface area contributed by atoms with Crippen LogP contribution in [-0.2, 0) is 4.79 Å². The number of hydrogen-bond acceptors (Lipinski definition) is 3. The number of nitrogens with one attached hydrogen (secondary N) is 1. The minimum Gasteiger partial charge on any atom is -0.308 e. The zero-order valence-electron chi connectivity index (χ0n) is 7.61. The second-order valence-corrected chi connectivity index (χ2v) is 4.20. The summed E-state index contributed by atoms with van der Waals surface area (Å²) in [5, 5.41) is 2.01. The Hall–Kier alpha value is -0.870. The van der Waals surface area contributed by atoms with E-state index in [9.17, 15) is 4.79 Å². The van der Waals surface area contributed by atoms with Gasteiger partial charge < -0.3 is 9.80 Å². The normalized spacial score (nSPS) is 21.2. The Bertz CT molecular complexity index is 325. The Balaban J connectivity index is 2.09. The van der Waals surface area contributed by atoms with Crippen LogP contribution in [0.15, 0.2) is 28.7 Å². The van der Waals surface area contributed by atoms with Crippen molar-refractivity contribution in [3.63, 3.8) is 0 Å². The van der Waals surface area contributed by atoms with Gasteiger partial charge in [0.1, 0.15) is 6.29 Å². The molecule has 1 N–H and O–H groups in total. The van der Waals surface area contributed by atoms with Crippen LogP contribution in [0.3, 0.4) is 0 Å². The maximum absolute atomic E-state index is 10.5. The van der Waals surface area contributed by atoms with E-state index in [4.69, 9.17) is 0 Å². The first-order valence-corrected chi connectivity index (χ1v) is 5.33. The van der Waals surface area contributed by atoms with E-state index in [-0.39, 0.29) is 6.04 Å². The summed E-state index contributed by atoms with van der Waals surface area (Å²) in [4.78, 5) is 10.5. The van der Waals surface area contributed by atoms with Crippen LogP contribution in [0.1, 0.15) is 6.42 Å². The van der Waals surface area contributed by atoms with Crippen molar-refractivity contribution in [2.45, 2.75) is 12.5 Å². The lowest BCUT2D eigenvalue weighted by Gasteiger charge is -2.18. The first kappa shape index (κ1) is 9.68. The van der Waals surface area contributed by atoms with Gasteiger partial charge in [-0.1, -0.05) is 15.9 Å². The minimum atomic E-state index is -0.0290. The average Bonchev–Trinajstić information content (AvgIpc) is 2.67. The molecule has 14 heavy (non-hydrogen) atoms. The van der Waals surface area contributed by atoms with Gasteiger partial charge in [-0.2, -0.15) is 0 Å². The van der Waals surface area contributed by atoms with Gasteiger partial charge in [-0.25, -0.2) is 5.43 Å². The van der Waals surface area contributed by atoms with Gasteiger partial charge >= 0.3 is 0 Å². The van der Waals surface area contributed by atoms with Crippen LogP contribution in [0.25, 0.3) is 0 Å². The highest BCUT2D eigenvalue weighted by molar-refractivity contribution is 9.10. The highest BCUT2D eigenvalue weighted by Gasteiger charge is 2.20. The van der Waals surface area contributed by atoms with Crippen molar-refractivity contribution in [1.29, 1.82) is 0 Å². The topological polar surface area (TPSA) is 32.3 Å². The monoisotopic (exact) mass is 254 g/mol. The molecule has 0 aromatic heterocycles. The van der Waals surface area contributed by atoms with E-state index < -0.39 is 0 Å². The zero-order chi connectivity index (χ0) is 9.97. The third-order valence-electron chi connectivity index (χ3n) is 2.29.